The number of nitrogens with zero attached hydrogens (tertiary/aromatic N) is 1. The summed E-state index contributed by atoms with van der Waals surface area (Å²) in [5.74, 6) is 0. The lowest BCUT2D eigenvalue weighted by molar-refractivity contribution is 0.669. The molecule has 0 fully saturated rings. The summed E-state index contributed by atoms with van der Waals surface area (Å²) in [5.41, 5.74) is 9.20. The molecule has 52 heavy (non-hydrogen) atoms. The van der Waals surface area contributed by atoms with Gasteiger partial charge in [-0.2, -0.15) is 0 Å². The largest absolute Gasteiger partial charge is 0.456 e. The van der Waals surface area contributed by atoms with E-state index in [4.69, 9.17) is 8.83 Å². The number of para-hydroxylation sites is 2. The second-order valence-electron chi connectivity index (χ2n) is 13.7. The van der Waals surface area contributed by atoms with Crippen molar-refractivity contribution in [1.82, 2.24) is 0 Å². The molecule has 244 valence electrons. The second-order valence-corrected chi connectivity index (χ2v) is 17.4. The molecule has 0 N–H and O–H groups in total. The standard InChI is InChI=1S/C48H31NO2Si/c1-3-13-35(14-4-1)52(36-15-5-2-6-16-36)47-22-12-9-19-41(47)42-29-32(25-28-48(42)52)49(33-23-26-39-37-17-7-10-20-43(37)50-45(39)30-33)34-24-27-40-38-18-8-11-21-44(38)51-46(40)31-34/h1-31H. The molecule has 3 heterocycles. The van der Waals surface area contributed by atoms with Crippen LogP contribution in [0.5, 0.6) is 0 Å². The first kappa shape index (κ1) is 29.1. The van der Waals surface area contributed by atoms with Crippen LogP contribution in [0.15, 0.2) is 197 Å². The molecule has 2 aromatic heterocycles. The van der Waals surface area contributed by atoms with Crippen LogP contribution in [0.25, 0.3) is 55.0 Å². The number of benzene rings is 8. The van der Waals surface area contributed by atoms with Crippen molar-refractivity contribution >= 4 is 89.8 Å². The van der Waals surface area contributed by atoms with Gasteiger partial charge in [-0.05, 0) is 80.4 Å². The van der Waals surface area contributed by atoms with Gasteiger partial charge in [0.2, 0.25) is 0 Å². The van der Waals surface area contributed by atoms with Crippen LogP contribution in [0, 0.1) is 0 Å². The van der Waals surface area contributed by atoms with E-state index in [-0.39, 0.29) is 0 Å². The Kier molecular flexibility index (Phi) is 6.27. The van der Waals surface area contributed by atoms with Crippen LogP contribution in [0.3, 0.4) is 0 Å². The maximum Gasteiger partial charge on any atom is 0.180 e. The van der Waals surface area contributed by atoms with E-state index in [1.165, 1.54) is 31.9 Å². The predicted octanol–water partition coefficient (Wildman–Crippen LogP) is 10.3. The van der Waals surface area contributed by atoms with Crippen LogP contribution in [-0.4, -0.2) is 8.07 Å². The van der Waals surface area contributed by atoms with Crippen LogP contribution in [0.1, 0.15) is 0 Å². The van der Waals surface area contributed by atoms with Gasteiger partial charge in [-0.15, -0.1) is 0 Å². The molecule has 0 saturated carbocycles. The zero-order valence-electron chi connectivity index (χ0n) is 28.2. The number of anilines is 3. The van der Waals surface area contributed by atoms with Gasteiger partial charge in [0.05, 0.1) is 0 Å². The minimum absolute atomic E-state index is 0.861. The van der Waals surface area contributed by atoms with Gasteiger partial charge in [0.15, 0.2) is 8.07 Å². The molecule has 4 heteroatoms. The van der Waals surface area contributed by atoms with E-state index < -0.39 is 8.07 Å². The fraction of sp³-hybridized carbons (Fsp3) is 0. The molecule has 0 saturated heterocycles. The summed E-state index contributed by atoms with van der Waals surface area (Å²) in [5, 5.41) is 10.1. The first-order chi connectivity index (χ1) is 25.8. The van der Waals surface area contributed by atoms with Crippen molar-refractivity contribution in [2.75, 3.05) is 4.90 Å². The lowest BCUT2D eigenvalue weighted by Crippen LogP contribution is -2.72. The summed E-state index contributed by atoms with van der Waals surface area (Å²) >= 11 is 0. The van der Waals surface area contributed by atoms with Crippen LogP contribution < -0.4 is 25.6 Å². The molecule has 0 amide bonds. The monoisotopic (exact) mass is 681 g/mol. The zero-order chi connectivity index (χ0) is 34.2. The van der Waals surface area contributed by atoms with Crippen molar-refractivity contribution < 1.29 is 8.83 Å². The molecule has 0 atom stereocenters. The smallest absolute Gasteiger partial charge is 0.180 e. The van der Waals surface area contributed by atoms with Crippen molar-refractivity contribution in [1.29, 1.82) is 0 Å². The molecule has 0 radical (unpaired) electrons. The van der Waals surface area contributed by atoms with Gasteiger partial charge in [0.1, 0.15) is 22.3 Å². The Morgan fingerprint density at radius 3 is 1.37 bits per heavy atom. The number of hydrogen-bond donors (Lipinski definition) is 0. The molecular weight excluding hydrogens is 651 g/mol. The topological polar surface area (TPSA) is 29.5 Å². The normalized spacial score (nSPS) is 13.2. The fourth-order valence-electron chi connectivity index (χ4n) is 8.73. The molecule has 1 aliphatic rings. The Labute approximate surface area is 301 Å². The average Bonchev–Trinajstić information content (AvgIpc) is 3.86. The van der Waals surface area contributed by atoms with Gasteiger partial charge < -0.3 is 13.7 Å². The summed E-state index contributed by atoms with van der Waals surface area (Å²) in [4.78, 5) is 2.34. The summed E-state index contributed by atoms with van der Waals surface area (Å²) in [6.45, 7) is 0. The summed E-state index contributed by atoms with van der Waals surface area (Å²) in [6, 6.07) is 68.1. The Hall–Kier alpha value is -6.62. The minimum atomic E-state index is -2.60. The van der Waals surface area contributed by atoms with Crippen LogP contribution in [0.2, 0.25) is 0 Å². The third-order valence-corrected chi connectivity index (χ3v) is 15.8. The lowest BCUT2D eigenvalue weighted by Gasteiger charge is -2.32. The Morgan fingerprint density at radius 1 is 0.327 bits per heavy atom. The van der Waals surface area contributed by atoms with E-state index in [2.05, 4.69) is 169 Å². The first-order valence-electron chi connectivity index (χ1n) is 17.8. The van der Waals surface area contributed by atoms with Gasteiger partial charge in [0, 0.05) is 50.7 Å². The first-order valence-corrected chi connectivity index (χ1v) is 19.8. The van der Waals surface area contributed by atoms with Crippen LogP contribution >= 0.6 is 0 Å². The third kappa shape index (κ3) is 4.13. The Morgan fingerprint density at radius 2 is 0.769 bits per heavy atom. The van der Waals surface area contributed by atoms with E-state index in [0.29, 0.717) is 0 Å². The van der Waals surface area contributed by atoms with Gasteiger partial charge in [-0.1, -0.05) is 127 Å². The SMILES string of the molecule is c1ccc([Si]2(c3ccccc3)c3ccccc3-c3cc(N(c4ccc5c(c4)oc4ccccc45)c4ccc5c(c4)oc4ccccc45)ccc32)cc1. The molecule has 3 nitrogen and oxygen atoms in total. The maximum absolute atomic E-state index is 6.43. The van der Waals surface area contributed by atoms with E-state index >= 15 is 0 Å². The molecule has 11 rings (SSSR count). The number of furan rings is 2. The van der Waals surface area contributed by atoms with Gasteiger partial charge >= 0.3 is 0 Å². The Bertz CT molecular complexity index is 2830. The van der Waals surface area contributed by atoms with Gasteiger partial charge in [0.25, 0.3) is 0 Å². The molecule has 0 aliphatic carbocycles. The molecular formula is C48H31NO2Si. The van der Waals surface area contributed by atoms with E-state index in [9.17, 15) is 0 Å². The van der Waals surface area contributed by atoms with Crippen LogP contribution in [-0.2, 0) is 0 Å². The highest BCUT2D eigenvalue weighted by atomic mass is 28.3. The molecule has 10 aromatic rings. The molecule has 8 aromatic carbocycles. The highest BCUT2D eigenvalue weighted by molar-refractivity contribution is 7.22. The molecule has 0 bridgehead atoms. The van der Waals surface area contributed by atoms with E-state index in [1.807, 2.05) is 24.3 Å². The molecule has 1 aliphatic heterocycles. The second kappa shape index (κ2) is 11.2. The number of fused-ring (bicyclic) bond motifs is 9. The van der Waals surface area contributed by atoms with Gasteiger partial charge in [-0.25, -0.2) is 0 Å². The fourth-order valence-corrected chi connectivity index (χ4v) is 13.9. The van der Waals surface area contributed by atoms with E-state index in [1.54, 1.807) is 0 Å². The van der Waals surface area contributed by atoms with Crippen molar-refractivity contribution in [3.8, 4) is 11.1 Å². The predicted molar refractivity (Wildman–Crippen MR) is 218 cm³/mol. The highest BCUT2D eigenvalue weighted by Crippen LogP contribution is 2.42. The summed E-state index contributed by atoms with van der Waals surface area (Å²) in [6.07, 6.45) is 0. The average molecular weight is 682 g/mol. The lowest BCUT2D eigenvalue weighted by atomic mass is 10.0. The molecule has 0 spiro atoms. The van der Waals surface area contributed by atoms with Crippen LogP contribution in [0.4, 0.5) is 17.1 Å². The van der Waals surface area contributed by atoms with Crippen molar-refractivity contribution in [2.24, 2.45) is 0 Å². The third-order valence-electron chi connectivity index (χ3n) is 10.9. The van der Waals surface area contributed by atoms with Crippen molar-refractivity contribution in [2.45, 2.75) is 0 Å². The zero-order valence-corrected chi connectivity index (χ0v) is 29.2. The van der Waals surface area contributed by atoms with Crippen molar-refractivity contribution in [3.05, 3.63) is 188 Å². The Balaban J connectivity index is 1.17. The van der Waals surface area contributed by atoms with Crippen molar-refractivity contribution in [3.63, 3.8) is 0 Å². The minimum Gasteiger partial charge on any atom is -0.456 e. The number of rotatable bonds is 5. The summed E-state index contributed by atoms with van der Waals surface area (Å²) in [7, 11) is -2.60. The molecule has 0 unspecified atom stereocenters. The van der Waals surface area contributed by atoms with E-state index in [0.717, 1.165) is 60.9 Å². The maximum atomic E-state index is 6.43. The highest BCUT2D eigenvalue weighted by Gasteiger charge is 2.48. The summed E-state index contributed by atoms with van der Waals surface area (Å²) < 4.78 is 12.9. The quantitative estimate of drug-likeness (QED) is 0.169. The van der Waals surface area contributed by atoms with Gasteiger partial charge in [-0.3, -0.25) is 0 Å². The number of hydrogen-bond acceptors (Lipinski definition) is 3.